The second-order valence-electron chi connectivity index (χ2n) is 4.51. The normalized spacial score (nSPS) is 10.8. The highest BCUT2D eigenvalue weighted by molar-refractivity contribution is 9.11. The molecular weight excluding hydrogens is 398 g/mol. The van der Waals surface area contributed by atoms with E-state index in [0.717, 1.165) is 14.5 Å². The Bertz CT molecular complexity index is 862. The van der Waals surface area contributed by atoms with Crippen molar-refractivity contribution >= 4 is 48.7 Å². The maximum absolute atomic E-state index is 11.5. The molecule has 3 rings (SSSR count). The van der Waals surface area contributed by atoms with Gasteiger partial charge in [0.05, 0.1) is 16.8 Å². The Morgan fingerprint density at radius 2 is 1.81 bits per heavy atom. The molecule has 0 aliphatic carbocycles. The minimum atomic E-state index is -0.961. The average Bonchev–Trinajstić information content (AvgIpc) is 2.46. The molecule has 0 fully saturated rings. The molecule has 0 amide bonds. The van der Waals surface area contributed by atoms with Gasteiger partial charge in [-0.05, 0) is 40.2 Å². The predicted molar refractivity (Wildman–Crippen MR) is 89.5 cm³/mol. The third kappa shape index (κ3) is 2.71. The first-order valence-corrected chi connectivity index (χ1v) is 7.73. The Kier molecular flexibility index (Phi) is 3.78. The molecule has 0 spiro atoms. The summed E-state index contributed by atoms with van der Waals surface area (Å²) in [5.41, 5.74) is 2.39. The molecule has 3 nitrogen and oxygen atoms in total. The number of pyridine rings is 1. The van der Waals surface area contributed by atoms with Crippen LogP contribution in [0.1, 0.15) is 10.4 Å². The summed E-state index contributed by atoms with van der Waals surface area (Å²) in [4.78, 5) is 16.1. The SMILES string of the molecule is O=C(O)c1cc(-c2cccc(Br)c2)nc2c(Br)cccc12. The fraction of sp³-hybridized carbons (Fsp3) is 0. The van der Waals surface area contributed by atoms with Gasteiger partial charge in [-0.25, -0.2) is 9.78 Å². The Morgan fingerprint density at radius 3 is 2.52 bits per heavy atom. The summed E-state index contributed by atoms with van der Waals surface area (Å²) < 4.78 is 1.70. The van der Waals surface area contributed by atoms with Crippen LogP contribution in [0.25, 0.3) is 22.2 Å². The van der Waals surface area contributed by atoms with Crippen LogP contribution in [0.3, 0.4) is 0 Å². The third-order valence-corrected chi connectivity index (χ3v) is 4.27. The number of carboxylic acids is 1. The van der Waals surface area contributed by atoms with E-state index < -0.39 is 5.97 Å². The van der Waals surface area contributed by atoms with E-state index in [-0.39, 0.29) is 5.56 Å². The standard InChI is InChI=1S/C16H9Br2NO2/c17-10-4-1-3-9(7-10)14-8-12(16(20)21)11-5-2-6-13(18)15(11)19-14/h1-8H,(H,20,21). The third-order valence-electron chi connectivity index (χ3n) is 3.14. The molecule has 1 aromatic heterocycles. The Labute approximate surface area is 137 Å². The van der Waals surface area contributed by atoms with Crippen LogP contribution in [0.5, 0.6) is 0 Å². The van der Waals surface area contributed by atoms with Gasteiger partial charge in [-0.3, -0.25) is 0 Å². The molecular formula is C16H9Br2NO2. The van der Waals surface area contributed by atoms with Crippen molar-refractivity contribution in [2.24, 2.45) is 0 Å². The number of fused-ring (bicyclic) bond motifs is 1. The van der Waals surface area contributed by atoms with Crippen LogP contribution in [-0.2, 0) is 0 Å². The summed E-state index contributed by atoms with van der Waals surface area (Å²) in [5, 5.41) is 10.1. The minimum Gasteiger partial charge on any atom is -0.478 e. The summed E-state index contributed by atoms with van der Waals surface area (Å²) >= 11 is 6.85. The topological polar surface area (TPSA) is 50.2 Å². The van der Waals surface area contributed by atoms with Crippen LogP contribution in [0.2, 0.25) is 0 Å². The van der Waals surface area contributed by atoms with Crippen molar-refractivity contribution in [3.8, 4) is 11.3 Å². The number of hydrogen-bond donors (Lipinski definition) is 1. The summed E-state index contributed by atoms with van der Waals surface area (Å²) in [6.07, 6.45) is 0. The molecule has 104 valence electrons. The Balaban J connectivity index is 2.35. The average molecular weight is 407 g/mol. The minimum absolute atomic E-state index is 0.247. The molecule has 0 saturated heterocycles. The summed E-state index contributed by atoms with van der Waals surface area (Å²) in [7, 11) is 0. The lowest BCUT2D eigenvalue weighted by atomic mass is 10.0. The van der Waals surface area contributed by atoms with E-state index in [1.807, 2.05) is 30.3 Å². The summed E-state index contributed by atoms with van der Waals surface area (Å²) in [5.74, 6) is -0.961. The maximum atomic E-state index is 11.5. The quantitative estimate of drug-likeness (QED) is 0.642. The van der Waals surface area contributed by atoms with Crippen molar-refractivity contribution < 1.29 is 9.90 Å². The molecule has 2 aromatic carbocycles. The van der Waals surface area contributed by atoms with Gasteiger partial charge in [0.25, 0.3) is 0 Å². The van der Waals surface area contributed by atoms with Gasteiger partial charge in [0.2, 0.25) is 0 Å². The van der Waals surface area contributed by atoms with E-state index in [1.165, 1.54) is 0 Å². The largest absolute Gasteiger partial charge is 0.478 e. The second-order valence-corrected chi connectivity index (χ2v) is 6.28. The molecule has 1 heterocycles. The van der Waals surface area contributed by atoms with Crippen molar-refractivity contribution in [3.05, 3.63) is 63.0 Å². The molecule has 0 aliphatic rings. The van der Waals surface area contributed by atoms with E-state index in [9.17, 15) is 9.90 Å². The number of benzene rings is 2. The fourth-order valence-corrected chi connectivity index (χ4v) is 3.04. The van der Waals surface area contributed by atoms with Crippen LogP contribution in [0.4, 0.5) is 0 Å². The first kappa shape index (κ1) is 14.2. The van der Waals surface area contributed by atoms with Crippen molar-refractivity contribution in [2.45, 2.75) is 0 Å². The molecule has 0 aliphatic heterocycles. The van der Waals surface area contributed by atoms with E-state index in [2.05, 4.69) is 36.8 Å². The van der Waals surface area contributed by atoms with Crippen molar-refractivity contribution in [1.82, 2.24) is 4.98 Å². The molecule has 1 N–H and O–H groups in total. The number of nitrogens with zero attached hydrogens (tertiary/aromatic N) is 1. The lowest BCUT2D eigenvalue weighted by Gasteiger charge is -2.08. The number of aromatic nitrogens is 1. The van der Waals surface area contributed by atoms with E-state index in [4.69, 9.17) is 0 Å². The zero-order valence-corrected chi connectivity index (χ0v) is 13.8. The van der Waals surface area contributed by atoms with Crippen molar-refractivity contribution in [1.29, 1.82) is 0 Å². The lowest BCUT2D eigenvalue weighted by molar-refractivity contribution is 0.0699. The summed E-state index contributed by atoms with van der Waals surface area (Å²) in [6, 6.07) is 14.7. The number of para-hydroxylation sites is 1. The molecule has 21 heavy (non-hydrogen) atoms. The van der Waals surface area contributed by atoms with Gasteiger partial charge >= 0.3 is 5.97 Å². The molecule has 0 radical (unpaired) electrons. The van der Waals surface area contributed by atoms with Gasteiger partial charge < -0.3 is 5.11 Å². The second kappa shape index (κ2) is 5.58. The molecule has 3 aromatic rings. The van der Waals surface area contributed by atoms with Gasteiger partial charge in [0, 0.05) is 19.9 Å². The van der Waals surface area contributed by atoms with Crippen LogP contribution in [0.15, 0.2) is 57.5 Å². The van der Waals surface area contributed by atoms with E-state index >= 15 is 0 Å². The fourth-order valence-electron chi connectivity index (χ4n) is 2.19. The highest BCUT2D eigenvalue weighted by atomic mass is 79.9. The van der Waals surface area contributed by atoms with Gasteiger partial charge in [0.15, 0.2) is 0 Å². The first-order valence-electron chi connectivity index (χ1n) is 6.15. The number of carboxylic acid groups (broad SMARTS) is 1. The van der Waals surface area contributed by atoms with Gasteiger partial charge in [-0.1, -0.05) is 40.2 Å². The number of carbonyl (C=O) groups is 1. The lowest BCUT2D eigenvalue weighted by Crippen LogP contribution is -2.00. The van der Waals surface area contributed by atoms with Crippen LogP contribution < -0.4 is 0 Å². The highest BCUT2D eigenvalue weighted by Crippen LogP contribution is 2.30. The van der Waals surface area contributed by atoms with Gasteiger partial charge in [-0.2, -0.15) is 0 Å². The monoisotopic (exact) mass is 405 g/mol. The smallest absolute Gasteiger partial charge is 0.336 e. The maximum Gasteiger partial charge on any atom is 0.336 e. The Morgan fingerprint density at radius 1 is 1.05 bits per heavy atom. The number of hydrogen-bond acceptors (Lipinski definition) is 2. The van der Waals surface area contributed by atoms with E-state index in [0.29, 0.717) is 16.6 Å². The zero-order chi connectivity index (χ0) is 15.0. The molecule has 0 atom stereocenters. The van der Waals surface area contributed by atoms with Gasteiger partial charge in [0.1, 0.15) is 0 Å². The number of rotatable bonds is 2. The molecule has 0 saturated carbocycles. The molecule has 0 unspecified atom stereocenters. The highest BCUT2D eigenvalue weighted by Gasteiger charge is 2.14. The zero-order valence-electron chi connectivity index (χ0n) is 10.7. The van der Waals surface area contributed by atoms with Crippen molar-refractivity contribution in [2.75, 3.05) is 0 Å². The molecule has 0 bridgehead atoms. The predicted octanol–water partition coefficient (Wildman–Crippen LogP) is 5.13. The number of halogens is 2. The van der Waals surface area contributed by atoms with Crippen LogP contribution in [-0.4, -0.2) is 16.1 Å². The Hall–Kier alpha value is -1.72. The van der Waals surface area contributed by atoms with Crippen molar-refractivity contribution in [3.63, 3.8) is 0 Å². The number of aromatic carboxylic acids is 1. The van der Waals surface area contributed by atoms with Crippen LogP contribution in [0, 0.1) is 0 Å². The van der Waals surface area contributed by atoms with Gasteiger partial charge in [-0.15, -0.1) is 0 Å². The first-order chi connectivity index (χ1) is 10.1. The molecule has 5 heteroatoms. The van der Waals surface area contributed by atoms with Crippen LogP contribution >= 0.6 is 31.9 Å². The van der Waals surface area contributed by atoms with E-state index in [1.54, 1.807) is 18.2 Å². The summed E-state index contributed by atoms with van der Waals surface area (Å²) in [6.45, 7) is 0.